The van der Waals surface area contributed by atoms with Crippen molar-refractivity contribution in [3.63, 3.8) is 0 Å². The van der Waals surface area contributed by atoms with E-state index >= 15 is 0 Å². The van der Waals surface area contributed by atoms with Crippen LogP contribution in [0.25, 0.3) is 0 Å². The van der Waals surface area contributed by atoms with Gasteiger partial charge in [-0.3, -0.25) is 4.79 Å². The monoisotopic (exact) mass is 273 g/mol. The number of carbonyl (C=O) groups is 1. The fraction of sp³-hybridized carbons (Fsp3) is 0.500. The predicted molar refractivity (Wildman–Crippen MR) is 86.5 cm³/mol. The number of carbonyl (C=O) groups excluding carboxylic acids is 1. The molecule has 0 spiro atoms. The van der Waals surface area contributed by atoms with E-state index in [1.807, 2.05) is 32.9 Å². The Morgan fingerprint density at radius 2 is 1.80 bits per heavy atom. The van der Waals surface area contributed by atoms with Gasteiger partial charge >= 0.3 is 0 Å². The minimum absolute atomic E-state index is 0.0385. The fourth-order valence-electron chi connectivity index (χ4n) is 1.61. The van der Waals surface area contributed by atoms with Crippen LogP contribution in [0, 0.1) is 17.8 Å². The number of hydrogen-bond acceptors (Lipinski definition) is 1. The van der Waals surface area contributed by atoms with Gasteiger partial charge in [0.1, 0.15) is 0 Å². The first-order chi connectivity index (χ1) is 9.61. The van der Waals surface area contributed by atoms with Crippen LogP contribution in [0.15, 0.2) is 24.3 Å². The zero-order chi connectivity index (χ0) is 15.4. The van der Waals surface area contributed by atoms with Crippen molar-refractivity contribution in [1.29, 1.82) is 0 Å². The highest BCUT2D eigenvalue weighted by molar-refractivity contribution is 5.75. The van der Waals surface area contributed by atoms with Gasteiger partial charge in [0.2, 0.25) is 5.91 Å². The Hall–Kier alpha value is -1.75. The second kappa shape index (κ2) is 11.1. The van der Waals surface area contributed by atoms with Crippen molar-refractivity contribution in [3.05, 3.63) is 35.4 Å². The molecule has 1 aromatic rings. The first kappa shape index (κ1) is 18.2. The van der Waals surface area contributed by atoms with Crippen LogP contribution in [0.3, 0.4) is 0 Å². The molecule has 0 aliphatic heterocycles. The molecule has 110 valence electrons. The van der Waals surface area contributed by atoms with Crippen molar-refractivity contribution in [2.75, 3.05) is 6.54 Å². The Morgan fingerprint density at radius 3 is 2.30 bits per heavy atom. The number of rotatable bonds is 4. The molecule has 0 saturated heterocycles. The van der Waals surface area contributed by atoms with E-state index < -0.39 is 0 Å². The molecular weight excluding hydrogens is 246 g/mol. The molecule has 1 N–H and O–H groups in total. The van der Waals surface area contributed by atoms with Crippen molar-refractivity contribution in [3.8, 4) is 11.8 Å². The normalized spacial score (nSPS) is 9.10. The molecule has 2 heteroatoms. The third kappa shape index (κ3) is 8.37. The molecule has 0 aliphatic carbocycles. The SMILES string of the molecule is CC.CCC(=O)NCC#Cc1ccc(CC(C)C)cc1. The second-order valence-electron chi connectivity index (χ2n) is 4.73. The molecule has 1 rings (SSSR count). The third-order valence-corrected chi connectivity index (χ3v) is 2.53. The first-order valence-corrected chi connectivity index (χ1v) is 7.46. The quantitative estimate of drug-likeness (QED) is 0.831. The standard InChI is InChI=1S/C16H21NO.C2H6/c1-4-16(18)17-11-5-6-14-7-9-15(10-8-14)12-13(2)3;1-2/h7-10,13H,4,11-12H2,1-3H3,(H,17,18);1-2H3. The summed E-state index contributed by atoms with van der Waals surface area (Å²) < 4.78 is 0. The lowest BCUT2D eigenvalue weighted by Crippen LogP contribution is -2.22. The predicted octanol–water partition coefficient (Wildman–Crippen LogP) is 3.79. The summed E-state index contributed by atoms with van der Waals surface area (Å²) in [6.07, 6.45) is 1.60. The van der Waals surface area contributed by atoms with E-state index in [0.717, 1.165) is 12.0 Å². The fourth-order valence-corrected chi connectivity index (χ4v) is 1.61. The lowest BCUT2D eigenvalue weighted by atomic mass is 10.0. The van der Waals surface area contributed by atoms with Crippen LogP contribution in [0.2, 0.25) is 0 Å². The molecular formula is C18H27NO. The van der Waals surface area contributed by atoms with E-state index in [9.17, 15) is 4.79 Å². The molecule has 0 aliphatic rings. The zero-order valence-corrected chi connectivity index (χ0v) is 13.4. The van der Waals surface area contributed by atoms with Gasteiger partial charge in [-0.2, -0.15) is 0 Å². The molecule has 0 unspecified atom stereocenters. The highest BCUT2D eigenvalue weighted by atomic mass is 16.1. The number of hydrogen-bond donors (Lipinski definition) is 1. The van der Waals surface area contributed by atoms with Crippen LogP contribution in [0.5, 0.6) is 0 Å². The zero-order valence-electron chi connectivity index (χ0n) is 13.4. The van der Waals surface area contributed by atoms with Crippen LogP contribution in [-0.4, -0.2) is 12.5 Å². The Balaban J connectivity index is 0.00000172. The van der Waals surface area contributed by atoms with Gasteiger partial charge in [-0.25, -0.2) is 0 Å². The van der Waals surface area contributed by atoms with E-state index in [-0.39, 0.29) is 5.91 Å². The summed E-state index contributed by atoms with van der Waals surface area (Å²) in [5.41, 5.74) is 2.34. The molecule has 0 bridgehead atoms. The minimum Gasteiger partial charge on any atom is -0.345 e. The van der Waals surface area contributed by atoms with Crippen LogP contribution in [-0.2, 0) is 11.2 Å². The molecule has 0 saturated carbocycles. The minimum atomic E-state index is 0.0385. The van der Waals surface area contributed by atoms with Crippen LogP contribution in [0.1, 0.15) is 52.2 Å². The van der Waals surface area contributed by atoms with Crippen molar-refractivity contribution >= 4 is 5.91 Å². The Bertz CT molecular complexity index is 435. The molecule has 1 amide bonds. The summed E-state index contributed by atoms with van der Waals surface area (Å²) in [5.74, 6) is 6.70. The summed E-state index contributed by atoms with van der Waals surface area (Å²) in [4.78, 5) is 11.0. The second-order valence-corrected chi connectivity index (χ2v) is 4.73. The number of amides is 1. The summed E-state index contributed by atoms with van der Waals surface area (Å²) in [6, 6.07) is 8.31. The molecule has 0 aromatic heterocycles. The molecule has 0 heterocycles. The van der Waals surface area contributed by atoms with Crippen LogP contribution >= 0.6 is 0 Å². The lowest BCUT2D eigenvalue weighted by molar-refractivity contribution is -0.120. The maximum atomic E-state index is 11.0. The van der Waals surface area contributed by atoms with Gasteiger partial charge in [-0.1, -0.05) is 58.6 Å². The largest absolute Gasteiger partial charge is 0.345 e. The summed E-state index contributed by atoms with van der Waals surface area (Å²) in [5, 5.41) is 2.73. The maximum absolute atomic E-state index is 11.0. The first-order valence-electron chi connectivity index (χ1n) is 7.46. The van der Waals surface area contributed by atoms with Gasteiger partial charge in [0, 0.05) is 12.0 Å². The molecule has 0 radical (unpaired) electrons. The molecule has 2 nitrogen and oxygen atoms in total. The summed E-state index contributed by atoms with van der Waals surface area (Å²) in [6.45, 7) is 10.7. The van der Waals surface area contributed by atoms with E-state index in [4.69, 9.17) is 0 Å². The van der Waals surface area contributed by atoms with Gasteiger partial charge in [0.25, 0.3) is 0 Å². The third-order valence-electron chi connectivity index (χ3n) is 2.53. The van der Waals surface area contributed by atoms with Gasteiger partial charge < -0.3 is 5.32 Å². The van der Waals surface area contributed by atoms with Crippen LogP contribution in [0.4, 0.5) is 0 Å². The highest BCUT2D eigenvalue weighted by Crippen LogP contribution is 2.08. The Morgan fingerprint density at radius 1 is 1.20 bits per heavy atom. The van der Waals surface area contributed by atoms with Crippen LogP contribution < -0.4 is 5.32 Å². The van der Waals surface area contributed by atoms with Crippen molar-refractivity contribution in [2.45, 2.75) is 47.5 Å². The smallest absolute Gasteiger partial charge is 0.220 e. The summed E-state index contributed by atoms with van der Waals surface area (Å²) >= 11 is 0. The van der Waals surface area contributed by atoms with E-state index in [1.54, 1.807) is 0 Å². The van der Waals surface area contributed by atoms with E-state index in [1.165, 1.54) is 5.56 Å². The lowest BCUT2D eigenvalue weighted by Gasteiger charge is -2.04. The molecule has 1 aromatic carbocycles. The Labute approximate surface area is 124 Å². The van der Waals surface area contributed by atoms with Gasteiger partial charge in [0.15, 0.2) is 0 Å². The number of benzene rings is 1. The van der Waals surface area contributed by atoms with E-state index in [2.05, 4.69) is 43.1 Å². The van der Waals surface area contributed by atoms with Gasteiger partial charge in [0.05, 0.1) is 6.54 Å². The van der Waals surface area contributed by atoms with Crippen molar-refractivity contribution in [2.24, 2.45) is 5.92 Å². The topological polar surface area (TPSA) is 29.1 Å². The van der Waals surface area contributed by atoms with Gasteiger partial charge in [-0.05, 0) is 30.0 Å². The average Bonchev–Trinajstić information content (AvgIpc) is 2.46. The molecule has 20 heavy (non-hydrogen) atoms. The average molecular weight is 273 g/mol. The van der Waals surface area contributed by atoms with Crippen molar-refractivity contribution in [1.82, 2.24) is 5.32 Å². The van der Waals surface area contributed by atoms with Crippen molar-refractivity contribution < 1.29 is 4.79 Å². The van der Waals surface area contributed by atoms with Gasteiger partial charge in [-0.15, -0.1) is 0 Å². The molecule has 0 atom stereocenters. The Kier molecular flexibility index (Phi) is 10.1. The summed E-state index contributed by atoms with van der Waals surface area (Å²) in [7, 11) is 0. The maximum Gasteiger partial charge on any atom is 0.220 e. The van der Waals surface area contributed by atoms with E-state index in [0.29, 0.717) is 18.9 Å². The molecule has 0 fully saturated rings. The number of nitrogens with one attached hydrogen (secondary N) is 1. The highest BCUT2D eigenvalue weighted by Gasteiger charge is 1.97.